The zero-order valence-electron chi connectivity index (χ0n) is 9.55. The van der Waals surface area contributed by atoms with E-state index in [0.717, 1.165) is 0 Å². The van der Waals surface area contributed by atoms with E-state index in [0.29, 0.717) is 15.9 Å². The van der Waals surface area contributed by atoms with Gasteiger partial charge in [-0.15, -0.1) is 0 Å². The molecular formula is C12H9AsClNO4. The number of fused-ring (bicyclic) bond motifs is 1. The summed E-state index contributed by atoms with van der Waals surface area (Å²) in [6, 6.07) is 6.32. The zero-order chi connectivity index (χ0) is 14.0. The van der Waals surface area contributed by atoms with E-state index < -0.39 is 21.7 Å². The van der Waals surface area contributed by atoms with E-state index in [1.165, 1.54) is 6.07 Å². The van der Waals surface area contributed by atoms with Crippen LogP contribution in [0.4, 0.5) is 0 Å². The Morgan fingerprint density at radius 1 is 1.32 bits per heavy atom. The minimum atomic E-state index is -1.36. The van der Waals surface area contributed by atoms with E-state index in [9.17, 15) is 14.7 Å². The van der Waals surface area contributed by atoms with Gasteiger partial charge in [-0.1, -0.05) is 0 Å². The van der Waals surface area contributed by atoms with Crippen molar-refractivity contribution in [2.24, 2.45) is 0 Å². The Balaban J connectivity index is 2.38. The molecule has 19 heavy (non-hydrogen) atoms. The summed E-state index contributed by atoms with van der Waals surface area (Å²) < 4.78 is -0.378. The number of carboxylic acid groups (broad SMARTS) is 1. The van der Waals surface area contributed by atoms with Crippen LogP contribution in [0.15, 0.2) is 24.3 Å². The molecule has 0 fully saturated rings. The number of aliphatic carboxylic acids is 1. The molecule has 1 heterocycles. The number of hydrogen-bond acceptors (Lipinski definition) is 4. The molecule has 0 saturated carbocycles. The molecule has 1 atom stereocenters. The summed E-state index contributed by atoms with van der Waals surface area (Å²) in [7, 11) is 0. The third kappa shape index (κ3) is 3.25. The zero-order valence-corrected chi connectivity index (χ0v) is 12.4. The van der Waals surface area contributed by atoms with Crippen LogP contribution in [0, 0.1) is 0 Å². The van der Waals surface area contributed by atoms with Crippen molar-refractivity contribution in [2.75, 3.05) is 0 Å². The van der Waals surface area contributed by atoms with Crippen LogP contribution in [0.25, 0.3) is 10.9 Å². The van der Waals surface area contributed by atoms with Crippen LogP contribution in [0.5, 0.6) is 5.75 Å². The second kappa shape index (κ2) is 5.59. The molecule has 98 valence electrons. The molecule has 0 saturated heterocycles. The molecule has 0 aliphatic carbocycles. The number of aromatic nitrogens is 1. The molecule has 0 amide bonds. The number of hydrogen-bond donors (Lipinski definition) is 2. The van der Waals surface area contributed by atoms with Gasteiger partial charge in [0, 0.05) is 0 Å². The van der Waals surface area contributed by atoms with Gasteiger partial charge in [0.05, 0.1) is 0 Å². The van der Waals surface area contributed by atoms with Crippen molar-refractivity contribution in [1.82, 2.24) is 4.98 Å². The average molecular weight is 342 g/mol. The van der Waals surface area contributed by atoms with Gasteiger partial charge >= 0.3 is 120 Å². The molecule has 0 aliphatic heterocycles. The van der Waals surface area contributed by atoms with E-state index in [1.54, 1.807) is 18.2 Å². The van der Waals surface area contributed by atoms with Crippen molar-refractivity contribution < 1.29 is 19.8 Å². The molecule has 0 bridgehead atoms. The number of carbonyl (C=O) groups excluding carboxylic acids is 1. The van der Waals surface area contributed by atoms with Crippen LogP contribution in [0.1, 0.15) is 10.5 Å². The number of carboxylic acids is 1. The number of nitrogens with zero attached hydrogens (tertiary/aromatic N) is 1. The van der Waals surface area contributed by atoms with E-state index >= 15 is 0 Å². The summed E-state index contributed by atoms with van der Waals surface area (Å²) in [6.07, 6.45) is 0. The summed E-state index contributed by atoms with van der Waals surface area (Å²) >= 11 is 4.46. The number of carbonyl (C=O) groups is 2. The monoisotopic (exact) mass is 341 g/mol. The Morgan fingerprint density at radius 2 is 2.05 bits per heavy atom. The minimum absolute atomic E-state index is 0.0592. The predicted octanol–water partition coefficient (Wildman–Crippen LogP) is 1.67. The molecule has 1 aromatic heterocycles. The normalized spacial score (nSPS) is 11.2. The number of pyridine rings is 1. The quantitative estimate of drug-likeness (QED) is 0.826. The predicted molar refractivity (Wildman–Crippen MR) is 72.3 cm³/mol. The average Bonchev–Trinajstić information content (AvgIpc) is 2.35. The molecule has 0 spiro atoms. The molecule has 0 aliphatic rings. The maximum absolute atomic E-state index is 11.8. The summed E-state index contributed by atoms with van der Waals surface area (Å²) in [6.45, 7) is 0. The van der Waals surface area contributed by atoms with Crippen LogP contribution in [0.3, 0.4) is 0 Å². The van der Waals surface area contributed by atoms with Gasteiger partial charge in [-0.05, 0) is 0 Å². The number of halogens is 1. The van der Waals surface area contributed by atoms with Crippen molar-refractivity contribution in [3.63, 3.8) is 0 Å². The molecule has 0 radical (unpaired) electrons. The molecular weight excluding hydrogens is 333 g/mol. The second-order valence-corrected chi connectivity index (χ2v) is 6.64. The SMILES string of the molecule is O=C(O)C[AsH]C(=O)c1nc2ccc(Cl)cc2cc1O. The summed E-state index contributed by atoms with van der Waals surface area (Å²) in [5.74, 6) is -1.26. The molecule has 5 nitrogen and oxygen atoms in total. The van der Waals surface area contributed by atoms with Crippen molar-refractivity contribution >= 4 is 48.8 Å². The Hall–Kier alpha value is -1.58. The van der Waals surface area contributed by atoms with Gasteiger partial charge in [0.2, 0.25) is 0 Å². The van der Waals surface area contributed by atoms with Crippen molar-refractivity contribution in [2.45, 2.75) is 5.21 Å². The Labute approximate surface area is 119 Å². The van der Waals surface area contributed by atoms with Gasteiger partial charge in [0.15, 0.2) is 0 Å². The summed E-state index contributed by atoms with van der Waals surface area (Å²) in [5, 5.41) is 19.3. The Morgan fingerprint density at radius 3 is 2.74 bits per heavy atom. The van der Waals surface area contributed by atoms with Gasteiger partial charge in [-0.25, -0.2) is 0 Å². The first-order chi connectivity index (χ1) is 8.97. The van der Waals surface area contributed by atoms with Crippen molar-refractivity contribution in [3.8, 4) is 5.75 Å². The maximum atomic E-state index is 11.8. The van der Waals surface area contributed by atoms with Gasteiger partial charge in [0.1, 0.15) is 0 Å². The van der Waals surface area contributed by atoms with E-state index in [-0.39, 0.29) is 21.2 Å². The molecule has 2 rings (SSSR count). The Bertz CT molecular complexity index is 674. The fraction of sp³-hybridized carbons (Fsp3) is 0.0833. The first-order valence-corrected chi connectivity index (χ1v) is 8.17. The van der Waals surface area contributed by atoms with Crippen molar-refractivity contribution in [1.29, 1.82) is 0 Å². The first kappa shape index (κ1) is 13.8. The molecule has 1 unspecified atom stereocenters. The van der Waals surface area contributed by atoms with Gasteiger partial charge < -0.3 is 0 Å². The van der Waals surface area contributed by atoms with E-state index in [1.807, 2.05) is 0 Å². The van der Waals surface area contributed by atoms with Crippen LogP contribution in [-0.4, -0.2) is 41.5 Å². The van der Waals surface area contributed by atoms with Crippen LogP contribution in [0.2, 0.25) is 10.2 Å². The van der Waals surface area contributed by atoms with E-state index in [4.69, 9.17) is 16.7 Å². The Kier molecular flexibility index (Phi) is 4.07. The number of aromatic hydroxyl groups is 1. The summed E-state index contributed by atoms with van der Waals surface area (Å²) in [5.41, 5.74) is 0.476. The molecule has 7 heteroatoms. The fourth-order valence-corrected chi connectivity index (χ4v) is 3.11. The second-order valence-electron chi connectivity index (χ2n) is 3.77. The third-order valence-electron chi connectivity index (χ3n) is 2.37. The van der Waals surface area contributed by atoms with Crippen LogP contribution in [-0.2, 0) is 4.79 Å². The van der Waals surface area contributed by atoms with Gasteiger partial charge in [0.25, 0.3) is 0 Å². The molecule has 2 N–H and O–H groups in total. The topological polar surface area (TPSA) is 87.5 Å². The molecule has 2 aromatic rings. The molecule has 1 aromatic carbocycles. The standard InChI is InChI=1S/C12H9AsClNO4/c14-7-1-2-8-6(3-7)4-9(16)11(15-8)12(19)13-5-10(17)18/h1-4,13,16H,5H2,(H,17,18). The van der Waals surface area contributed by atoms with Crippen LogP contribution >= 0.6 is 11.6 Å². The third-order valence-corrected chi connectivity index (χ3v) is 4.78. The fourth-order valence-electron chi connectivity index (χ4n) is 1.54. The van der Waals surface area contributed by atoms with Crippen molar-refractivity contribution in [3.05, 3.63) is 35.0 Å². The first-order valence-electron chi connectivity index (χ1n) is 5.26. The number of benzene rings is 1. The summed E-state index contributed by atoms with van der Waals surface area (Å²) in [4.78, 5) is 26.3. The van der Waals surface area contributed by atoms with Crippen LogP contribution < -0.4 is 0 Å². The van der Waals surface area contributed by atoms with Gasteiger partial charge in [-0.2, -0.15) is 0 Å². The number of rotatable bonds is 4. The van der Waals surface area contributed by atoms with Gasteiger partial charge in [-0.3, -0.25) is 0 Å². The van der Waals surface area contributed by atoms with E-state index in [2.05, 4.69) is 4.98 Å².